The van der Waals surface area contributed by atoms with Gasteiger partial charge in [0.25, 0.3) is 0 Å². The predicted molar refractivity (Wildman–Crippen MR) is 112 cm³/mol. The minimum atomic E-state index is -0.324. The van der Waals surface area contributed by atoms with Gasteiger partial charge in [0.2, 0.25) is 11.8 Å². The fourth-order valence-electron chi connectivity index (χ4n) is 4.25. The number of amides is 2. The van der Waals surface area contributed by atoms with Gasteiger partial charge in [0.1, 0.15) is 5.82 Å². The molecular weight excluding hydrogens is 371 g/mol. The predicted octanol–water partition coefficient (Wildman–Crippen LogP) is 2.47. The highest BCUT2D eigenvalue weighted by atomic mass is 19.1. The van der Waals surface area contributed by atoms with Crippen LogP contribution in [0.2, 0.25) is 0 Å². The fourth-order valence-corrected chi connectivity index (χ4v) is 4.25. The van der Waals surface area contributed by atoms with Crippen LogP contribution in [0.4, 0.5) is 10.1 Å². The number of halogens is 1. The van der Waals surface area contributed by atoms with Crippen LogP contribution in [0, 0.1) is 11.7 Å². The summed E-state index contributed by atoms with van der Waals surface area (Å²) in [7, 11) is 0. The van der Waals surface area contributed by atoms with Crippen LogP contribution < -0.4 is 10.6 Å². The van der Waals surface area contributed by atoms with E-state index in [2.05, 4.69) is 27.4 Å². The molecule has 2 fully saturated rings. The Kier molecular flexibility index (Phi) is 7.61. The molecule has 1 aliphatic heterocycles. The maximum atomic E-state index is 13.0. The average Bonchev–Trinajstić information content (AvgIpc) is 2.71. The molecule has 160 valence electrons. The third-order valence-corrected chi connectivity index (χ3v) is 6.27. The molecule has 1 saturated carbocycles. The van der Waals surface area contributed by atoms with Crippen LogP contribution in [0.15, 0.2) is 24.3 Å². The summed E-state index contributed by atoms with van der Waals surface area (Å²) in [6.45, 7) is 7.51. The number of hydrogen-bond donors (Lipinski definition) is 2. The number of carbonyl (C=O) groups excluding carboxylic acids is 2. The SMILES string of the molecule is C[C@H](C(=O)N[C@@H]1CCCC[C@@H]1C)N1CCN(CC(=O)Nc2ccc(F)cc2)CC1. The van der Waals surface area contributed by atoms with Crippen LogP contribution >= 0.6 is 0 Å². The first-order valence-electron chi connectivity index (χ1n) is 10.7. The quantitative estimate of drug-likeness (QED) is 0.765. The normalized spacial score (nSPS) is 24.7. The standard InChI is InChI=1S/C22H33FN4O2/c1-16-5-3-4-6-20(16)25-22(29)17(2)27-13-11-26(12-14-27)15-21(28)24-19-9-7-18(23)8-10-19/h7-10,16-17,20H,3-6,11-15H2,1-2H3,(H,24,28)(H,25,29)/t16-,17+,20+/m0/s1. The molecule has 1 aromatic rings. The van der Waals surface area contributed by atoms with Crippen molar-refractivity contribution < 1.29 is 14.0 Å². The van der Waals surface area contributed by atoms with Gasteiger partial charge in [0.05, 0.1) is 12.6 Å². The van der Waals surface area contributed by atoms with Gasteiger partial charge in [-0.1, -0.05) is 19.8 Å². The van der Waals surface area contributed by atoms with E-state index >= 15 is 0 Å². The molecule has 2 amide bonds. The van der Waals surface area contributed by atoms with Gasteiger partial charge < -0.3 is 10.6 Å². The number of piperazine rings is 1. The van der Waals surface area contributed by atoms with E-state index in [1.54, 1.807) is 12.1 Å². The number of rotatable bonds is 6. The largest absolute Gasteiger partial charge is 0.352 e. The van der Waals surface area contributed by atoms with Crippen molar-refractivity contribution in [2.75, 3.05) is 38.0 Å². The maximum absolute atomic E-state index is 13.0. The van der Waals surface area contributed by atoms with Crippen LogP contribution in [0.3, 0.4) is 0 Å². The van der Waals surface area contributed by atoms with Gasteiger partial charge in [-0.15, -0.1) is 0 Å². The molecule has 0 unspecified atom stereocenters. The second kappa shape index (κ2) is 10.2. The second-order valence-corrected chi connectivity index (χ2v) is 8.42. The fraction of sp³-hybridized carbons (Fsp3) is 0.636. The minimum Gasteiger partial charge on any atom is -0.352 e. The van der Waals surface area contributed by atoms with Gasteiger partial charge in [-0.05, 0) is 49.9 Å². The summed E-state index contributed by atoms with van der Waals surface area (Å²) >= 11 is 0. The van der Waals surface area contributed by atoms with E-state index < -0.39 is 0 Å². The Labute approximate surface area is 172 Å². The van der Waals surface area contributed by atoms with Crippen LogP contribution in [-0.4, -0.2) is 66.4 Å². The molecule has 1 aromatic carbocycles. The number of hydrogen-bond acceptors (Lipinski definition) is 4. The Hall–Kier alpha value is -1.99. The molecule has 2 N–H and O–H groups in total. The summed E-state index contributed by atoms with van der Waals surface area (Å²) in [5.41, 5.74) is 0.595. The molecule has 1 aliphatic carbocycles. The van der Waals surface area contributed by atoms with Crippen molar-refractivity contribution in [2.24, 2.45) is 5.92 Å². The third kappa shape index (κ3) is 6.24. The summed E-state index contributed by atoms with van der Waals surface area (Å²) in [6, 6.07) is 5.91. The number of anilines is 1. The molecule has 3 atom stereocenters. The van der Waals surface area contributed by atoms with Crippen LogP contribution in [-0.2, 0) is 9.59 Å². The van der Waals surface area contributed by atoms with Crippen molar-refractivity contribution in [1.29, 1.82) is 0 Å². The number of nitrogens with zero attached hydrogens (tertiary/aromatic N) is 2. The van der Waals surface area contributed by atoms with Crippen LogP contribution in [0.1, 0.15) is 39.5 Å². The molecule has 0 radical (unpaired) electrons. The van der Waals surface area contributed by atoms with Crippen molar-refractivity contribution in [3.63, 3.8) is 0 Å². The highest BCUT2D eigenvalue weighted by molar-refractivity contribution is 5.92. The van der Waals surface area contributed by atoms with Crippen molar-refractivity contribution in [1.82, 2.24) is 15.1 Å². The van der Waals surface area contributed by atoms with Crippen LogP contribution in [0.5, 0.6) is 0 Å². The van der Waals surface area contributed by atoms with Gasteiger partial charge in [-0.25, -0.2) is 4.39 Å². The first-order chi connectivity index (χ1) is 13.9. The molecule has 7 heteroatoms. The lowest BCUT2D eigenvalue weighted by Crippen LogP contribution is -2.56. The van der Waals surface area contributed by atoms with E-state index in [-0.39, 0.29) is 23.7 Å². The van der Waals surface area contributed by atoms with Crippen molar-refractivity contribution in [3.8, 4) is 0 Å². The lowest BCUT2D eigenvalue weighted by atomic mass is 9.86. The van der Waals surface area contributed by atoms with Gasteiger partial charge in [-0.3, -0.25) is 19.4 Å². The number of benzene rings is 1. The van der Waals surface area contributed by atoms with Crippen molar-refractivity contribution in [2.45, 2.75) is 51.6 Å². The summed E-state index contributed by atoms with van der Waals surface area (Å²) in [5, 5.41) is 6.05. The van der Waals surface area contributed by atoms with E-state index in [1.807, 2.05) is 6.92 Å². The molecular formula is C22H33FN4O2. The Morgan fingerprint density at radius 2 is 1.76 bits per heavy atom. The zero-order chi connectivity index (χ0) is 20.8. The first-order valence-corrected chi connectivity index (χ1v) is 10.7. The molecule has 0 spiro atoms. The lowest BCUT2D eigenvalue weighted by molar-refractivity contribution is -0.128. The molecule has 0 bridgehead atoms. The monoisotopic (exact) mass is 404 g/mol. The number of nitrogens with one attached hydrogen (secondary N) is 2. The second-order valence-electron chi connectivity index (χ2n) is 8.42. The van der Waals surface area contributed by atoms with E-state index in [0.717, 1.165) is 32.6 Å². The average molecular weight is 405 g/mol. The molecule has 0 aromatic heterocycles. The third-order valence-electron chi connectivity index (χ3n) is 6.27. The van der Waals surface area contributed by atoms with E-state index in [4.69, 9.17) is 0 Å². The molecule has 1 heterocycles. The van der Waals surface area contributed by atoms with Crippen molar-refractivity contribution >= 4 is 17.5 Å². The Bertz CT molecular complexity index is 689. The van der Waals surface area contributed by atoms with Gasteiger partial charge in [0.15, 0.2) is 0 Å². The topological polar surface area (TPSA) is 64.7 Å². The smallest absolute Gasteiger partial charge is 0.238 e. The highest BCUT2D eigenvalue weighted by Gasteiger charge is 2.29. The van der Waals surface area contributed by atoms with Gasteiger partial charge >= 0.3 is 0 Å². The molecule has 3 rings (SSSR count). The van der Waals surface area contributed by atoms with E-state index in [1.165, 1.54) is 31.4 Å². The summed E-state index contributed by atoms with van der Waals surface area (Å²) < 4.78 is 13.0. The molecule has 1 saturated heterocycles. The summed E-state index contributed by atoms with van der Waals surface area (Å²) in [4.78, 5) is 29.2. The molecule has 2 aliphatic rings. The maximum Gasteiger partial charge on any atom is 0.238 e. The Morgan fingerprint density at radius 3 is 2.41 bits per heavy atom. The summed E-state index contributed by atoms with van der Waals surface area (Å²) in [5.74, 6) is 0.236. The minimum absolute atomic E-state index is 0.109. The van der Waals surface area contributed by atoms with Gasteiger partial charge in [-0.2, -0.15) is 0 Å². The van der Waals surface area contributed by atoms with Crippen LogP contribution in [0.25, 0.3) is 0 Å². The number of carbonyl (C=O) groups is 2. The molecule has 6 nitrogen and oxygen atoms in total. The Balaban J connectivity index is 1.40. The summed E-state index contributed by atoms with van der Waals surface area (Å²) in [6.07, 6.45) is 4.73. The highest BCUT2D eigenvalue weighted by Crippen LogP contribution is 2.24. The van der Waals surface area contributed by atoms with E-state index in [0.29, 0.717) is 24.2 Å². The zero-order valence-corrected chi connectivity index (χ0v) is 17.5. The van der Waals surface area contributed by atoms with Crippen molar-refractivity contribution in [3.05, 3.63) is 30.1 Å². The first kappa shape index (κ1) is 21.7. The van der Waals surface area contributed by atoms with Gasteiger partial charge in [0, 0.05) is 37.9 Å². The zero-order valence-electron chi connectivity index (χ0n) is 17.5. The molecule has 29 heavy (non-hydrogen) atoms. The lowest BCUT2D eigenvalue weighted by Gasteiger charge is -2.38. The Morgan fingerprint density at radius 1 is 1.10 bits per heavy atom. The van der Waals surface area contributed by atoms with E-state index in [9.17, 15) is 14.0 Å².